The third-order valence-electron chi connectivity index (χ3n) is 20.0. The molecule has 3 aliphatic carbocycles. The number of carbonyl (C=O) groups excluding carboxylic acids is 6. The van der Waals surface area contributed by atoms with Crippen molar-refractivity contribution in [3.8, 4) is 0 Å². The van der Waals surface area contributed by atoms with E-state index in [1.54, 1.807) is 64.1 Å². The van der Waals surface area contributed by atoms with Gasteiger partial charge in [-0.15, -0.1) is 0 Å². The van der Waals surface area contributed by atoms with Crippen LogP contribution >= 0.6 is 0 Å². The molecular weight excluding hydrogens is 1110 g/mol. The maximum absolute atomic E-state index is 17.5. The zero-order valence-electron chi connectivity index (χ0n) is 54.1. The number of ether oxygens (including phenoxy) is 7. The minimum atomic E-state index is -3.08. The van der Waals surface area contributed by atoms with E-state index in [9.17, 15) is 14.4 Å². The van der Waals surface area contributed by atoms with Gasteiger partial charge in [-0.3, -0.25) is 9.59 Å². The molecule has 0 aromatic heterocycles. The van der Waals surface area contributed by atoms with Crippen LogP contribution in [-0.4, -0.2) is 133 Å². The van der Waals surface area contributed by atoms with E-state index in [0.717, 1.165) is 23.7 Å². The molecule has 20 heteroatoms. The minimum Gasteiger partial charge on any atom is -0.454 e. The molecule has 0 radical (unpaired) electrons. The van der Waals surface area contributed by atoms with Crippen LogP contribution in [0.4, 0.5) is 9.59 Å². The number of hydrogen-bond donors (Lipinski definition) is 1. The first-order chi connectivity index (χ1) is 38.6. The van der Waals surface area contributed by atoms with Gasteiger partial charge in [0.25, 0.3) is 0 Å². The molecule has 2 bridgehead atoms. The van der Waals surface area contributed by atoms with Gasteiger partial charge in [-0.1, -0.05) is 127 Å². The van der Waals surface area contributed by atoms with Crippen LogP contribution in [0, 0.1) is 16.7 Å². The highest BCUT2D eigenvalue weighted by Crippen LogP contribution is 2.68. The molecule has 2 heterocycles. The molecule has 83 heavy (non-hydrogen) atoms. The Balaban J connectivity index is 1.79. The van der Waals surface area contributed by atoms with Gasteiger partial charge in [-0.05, 0) is 125 Å². The highest BCUT2D eigenvalue weighted by Gasteiger charge is 2.83. The Hall–Kier alpha value is -4.19. The van der Waals surface area contributed by atoms with Crippen LogP contribution in [0.25, 0.3) is 0 Å². The highest BCUT2D eigenvalue weighted by atomic mass is 28.4. The summed E-state index contributed by atoms with van der Waals surface area (Å²) in [7, 11) is -8.67. The molecule has 2 unspecified atom stereocenters. The first-order valence-electron chi connectivity index (χ1n) is 30.7. The molecule has 2 saturated heterocycles. The summed E-state index contributed by atoms with van der Waals surface area (Å²) in [5, 5.41) is 2.96. The van der Waals surface area contributed by atoms with Gasteiger partial charge >= 0.3 is 30.2 Å². The van der Waals surface area contributed by atoms with E-state index in [1.165, 1.54) is 6.92 Å². The highest BCUT2D eigenvalue weighted by molar-refractivity contribution is 6.78. The lowest BCUT2D eigenvalue weighted by atomic mass is 9.44. The monoisotopic (exact) mass is 1210 g/mol. The Morgan fingerprint density at radius 1 is 0.795 bits per heavy atom. The van der Waals surface area contributed by atoms with E-state index in [0.29, 0.717) is 29.3 Å². The summed E-state index contributed by atoms with van der Waals surface area (Å²) in [6.45, 7) is 42.3. The molecule has 4 fully saturated rings. The number of benzene rings is 1. The van der Waals surface area contributed by atoms with Crippen LogP contribution in [0.5, 0.6) is 0 Å². The molecule has 1 N–H and O–H groups in total. The van der Waals surface area contributed by atoms with Crippen molar-refractivity contribution < 1.29 is 75.2 Å². The predicted octanol–water partition coefficient (Wildman–Crippen LogP) is 13.3. The quantitative estimate of drug-likeness (QED) is 0.0468. The van der Waals surface area contributed by atoms with Crippen molar-refractivity contribution in [3.63, 3.8) is 0 Å². The zero-order chi connectivity index (χ0) is 62.4. The number of esters is 3. The molecule has 5 aliphatic rings. The Labute approximate surface area is 498 Å². The largest absolute Gasteiger partial charge is 0.509 e. The lowest BCUT2D eigenvalue weighted by molar-refractivity contribution is -0.344. The van der Waals surface area contributed by atoms with Crippen molar-refractivity contribution in [1.29, 1.82) is 0 Å². The van der Waals surface area contributed by atoms with Gasteiger partial charge < -0.3 is 51.8 Å². The van der Waals surface area contributed by atoms with E-state index in [-0.39, 0.29) is 35.2 Å². The maximum Gasteiger partial charge on any atom is 0.509 e. The van der Waals surface area contributed by atoms with Crippen molar-refractivity contribution in [3.05, 3.63) is 58.7 Å². The summed E-state index contributed by atoms with van der Waals surface area (Å²) in [6.07, 6.45) is -9.75. The maximum atomic E-state index is 17.5. The third kappa shape index (κ3) is 12.0. The summed E-state index contributed by atoms with van der Waals surface area (Å²) < 4.78 is 69.4. The summed E-state index contributed by atoms with van der Waals surface area (Å²) in [5.74, 6) is -4.21. The van der Waals surface area contributed by atoms with Crippen molar-refractivity contribution in [2.24, 2.45) is 16.7 Å². The van der Waals surface area contributed by atoms with Gasteiger partial charge in [0.05, 0.1) is 35.6 Å². The fourth-order valence-electron chi connectivity index (χ4n) is 15.4. The molecule has 1 aromatic rings. The van der Waals surface area contributed by atoms with E-state index < -0.39 is 143 Å². The smallest absolute Gasteiger partial charge is 0.454 e. The van der Waals surface area contributed by atoms with Gasteiger partial charge in [0.2, 0.25) is 13.9 Å². The molecule has 1 aromatic carbocycles. The second-order valence-electron chi connectivity index (χ2n) is 27.0. The molecule has 1 spiro atoms. The van der Waals surface area contributed by atoms with Crippen LogP contribution in [0.3, 0.4) is 0 Å². The van der Waals surface area contributed by atoms with Crippen LogP contribution in [-0.2, 0) is 60.8 Å². The van der Waals surface area contributed by atoms with Crippen LogP contribution in [0.15, 0.2) is 53.1 Å². The molecule has 2 saturated carbocycles. The minimum absolute atomic E-state index is 0.0459. The summed E-state index contributed by atoms with van der Waals surface area (Å²) in [4.78, 5) is 92.0. The van der Waals surface area contributed by atoms with Gasteiger partial charge in [-0.25, -0.2) is 19.2 Å². The number of rotatable bonds is 23. The number of amides is 1. The molecule has 1 amide bonds. The Morgan fingerprint density at radius 2 is 1.34 bits per heavy atom. The summed E-state index contributed by atoms with van der Waals surface area (Å²) in [5.41, 5.74) is -6.67. The number of ketones is 1. The van der Waals surface area contributed by atoms with Crippen LogP contribution < -0.4 is 5.32 Å². The standard InChI is InChI=1S/C63H101NO16Si3/c1-23-81(24-2,25-3)78-45-35-46-62(36-71-46,75-42(16)65)51-54(73-55(67)43-32-30-29-31-33-43)63-53(74-58(70)77-63)48(41(15)47(60(63,20)21)50(52(66)61(45,51)22)79-82(26-4,27-5)28-6)72-56(68)49(80-83(38(9)10,39(11)12)40(13)14)44(34-37(7)8)64-57(69)76-59(17,18)19/h29-34,38-40,44-46,48-51,53-54H,23-28,35-36H2,1-22H3,(H,64,69)/t44-,45-,46+,48+,49+,50+,51?,53-,54?,61+,62-,63+/m0/s1. The summed E-state index contributed by atoms with van der Waals surface area (Å²) in [6, 6.07) is 11.2. The van der Waals surface area contributed by atoms with Gasteiger partial charge in [0.15, 0.2) is 52.4 Å². The van der Waals surface area contributed by atoms with E-state index >= 15 is 14.4 Å². The van der Waals surface area contributed by atoms with Crippen molar-refractivity contribution in [1.82, 2.24) is 5.32 Å². The number of carbonyl (C=O) groups is 6. The number of alkyl carbamates (subject to hydrolysis) is 1. The number of fused-ring (bicyclic) bond motifs is 4. The molecule has 17 nitrogen and oxygen atoms in total. The fourth-order valence-corrected chi connectivity index (χ4v) is 26.6. The van der Waals surface area contributed by atoms with Gasteiger partial charge in [-0.2, -0.15) is 0 Å². The van der Waals surface area contributed by atoms with Crippen molar-refractivity contribution in [2.75, 3.05) is 6.61 Å². The fraction of sp³-hybridized carbons (Fsp3) is 0.746. The van der Waals surface area contributed by atoms with Crippen LogP contribution in [0.1, 0.15) is 169 Å². The number of hydrogen-bond acceptors (Lipinski definition) is 16. The number of allylic oxidation sites excluding steroid dienone is 1. The Bertz CT molecular complexity index is 2580. The van der Waals surface area contributed by atoms with Crippen molar-refractivity contribution in [2.45, 2.75) is 277 Å². The van der Waals surface area contributed by atoms with Gasteiger partial charge in [0, 0.05) is 18.8 Å². The lowest BCUT2D eigenvalue weighted by Crippen LogP contribution is -2.84. The second kappa shape index (κ2) is 25.3. The zero-order valence-corrected chi connectivity index (χ0v) is 57.1. The molecule has 466 valence electrons. The summed E-state index contributed by atoms with van der Waals surface area (Å²) >= 11 is 0. The van der Waals surface area contributed by atoms with E-state index in [1.807, 2.05) is 34.6 Å². The molecular formula is C63H101NO16Si3. The topological polar surface area (TPSA) is 207 Å². The van der Waals surface area contributed by atoms with Crippen molar-refractivity contribution >= 4 is 60.9 Å². The van der Waals surface area contributed by atoms with E-state index in [2.05, 4.69) is 88.4 Å². The van der Waals surface area contributed by atoms with Gasteiger partial charge in [0.1, 0.15) is 17.8 Å². The first kappa shape index (κ1) is 67.9. The average Bonchev–Trinajstić information content (AvgIpc) is 1.75. The number of nitrogens with one attached hydrogen (secondary N) is 1. The van der Waals surface area contributed by atoms with Crippen LogP contribution in [0.2, 0.25) is 52.9 Å². The Kier molecular flexibility index (Phi) is 20.7. The SMILES string of the molecule is CC[Si](CC)(CC)O[C@H]1C(=O)[C@@]2(C)C(C(OC(=O)c3ccccc3)[C@]34OC(=O)O[C@H]3[C@H](OC(=O)[C@H](O[Si](C(C)C)(C(C)C)C(C)C)[C@H](C=C(C)C)NC(=O)OC(C)(C)C)C(C)=C1C4(C)C)[C@]1(OC(C)=O)CO[C@@H]1C[C@@H]2O[Si](CC)(CC)CC. The molecule has 6 rings (SSSR count). The molecule has 12 atom stereocenters. The normalized spacial score (nSPS) is 29.4. The number of Topliss-reactive ketones (excluding diaryl/α,β-unsaturated/α-hetero) is 1. The lowest BCUT2D eigenvalue weighted by Gasteiger charge is -2.68. The molecule has 2 aliphatic heterocycles. The predicted molar refractivity (Wildman–Crippen MR) is 324 cm³/mol. The second-order valence-corrected chi connectivity index (χ2v) is 41.9. The average molecular weight is 1210 g/mol. The Morgan fingerprint density at radius 3 is 1.81 bits per heavy atom. The van der Waals surface area contributed by atoms with E-state index in [4.69, 9.17) is 46.4 Å². The first-order valence-corrected chi connectivity index (χ1v) is 37.9. The third-order valence-corrected chi connectivity index (χ3v) is 35.3.